The molecule has 0 saturated carbocycles. The van der Waals surface area contributed by atoms with Crippen molar-refractivity contribution in [3.05, 3.63) is 35.4 Å². The van der Waals surface area contributed by atoms with Gasteiger partial charge in [-0.3, -0.25) is 4.90 Å². The SMILES string of the molecule is Cc1cccc(CN2CCC(CCNCC(F)(F)F)CC2)c1. The fourth-order valence-electron chi connectivity index (χ4n) is 3.04. The Labute approximate surface area is 130 Å². The molecule has 0 amide bonds. The number of rotatable bonds is 6. The molecule has 0 aromatic heterocycles. The third-order valence-electron chi connectivity index (χ3n) is 4.25. The van der Waals surface area contributed by atoms with Gasteiger partial charge < -0.3 is 5.32 Å². The summed E-state index contributed by atoms with van der Waals surface area (Å²) in [5.41, 5.74) is 2.62. The summed E-state index contributed by atoms with van der Waals surface area (Å²) < 4.78 is 36.1. The first-order chi connectivity index (χ1) is 10.4. The summed E-state index contributed by atoms with van der Waals surface area (Å²) in [5, 5.41) is 2.49. The second-order valence-electron chi connectivity index (χ2n) is 6.29. The number of nitrogens with one attached hydrogen (secondary N) is 1. The van der Waals surface area contributed by atoms with Crippen LogP contribution in [0.3, 0.4) is 0 Å². The lowest BCUT2D eigenvalue weighted by Gasteiger charge is -2.32. The Balaban J connectivity index is 1.63. The highest BCUT2D eigenvalue weighted by atomic mass is 19.4. The van der Waals surface area contributed by atoms with Gasteiger partial charge in [0.2, 0.25) is 0 Å². The average molecular weight is 314 g/mol. The van der Waals surface area contributed by atoms with E-state index in [-0.39, 0.29) is 0 Å². The fraction of sp³-hybridized carbons (Fsp3) is 0.647. The summed E-state index contributed by atoms with van der Waals surface area (Å²) in [5.74, 6) is 0.550. The van der Waals surface area contributed by atoms with Crippen LogP contribution in [0.1, 0.15) is 30.4 Å². The molecule has 22 heavy (non-hydrogen) atoms. The van der Waals surface area contributed by atoms with Crippen molar-refractivity contribution in [3.63, 3.8) is 0 Å². The molecule has 0 radical (unpaired) electrons. The summed E-state index contributed by atoms with van der Waals surface area (Å²) in [7, 11) is 0. The normalized spacial score (nSPS) is 17.8. The Morgan fingerprint density at radius 2 is 1.95 bits per heavy atom. The van der Waals surface area contributed by atoms with Crippen LogP contribution >= 0.6 is 0 Å². The zero-order valence-electron chi connectivity index (χ0n) is 13.1. The van der Waals surface area contributed by atoms with E-state index in [9.17, 15) is 13.2 Å². The Morgan fingerprint density at radius 1 is 1.23 bits per heavy atom. The number of nitrogens with zero attached hydrogens (tertiary/aromatic N) is 1. The van der Waals surface area contributed by atoms with Gasteiger partial charge in [0, 0.05) is 6.54 Å². The van der Waals surface area contributed by atoms with E-state index in [0.29, 0.717) is 12.5 Å². The van der Waals surface area contributed by atoms with Crippen molar-refractivity contribution >= 4 is 0 Å². The molecule has 5 heteroatoms. The molecule has 0 aliphatic carbocycles. The van der Waals surface area contributed by atoms with Crippen molar-refractivity contribution in [3.8, 4) is 0 Å². The molecular weight excluding hydrogens is 289 g/mol. The Kier molecular flexibility index (Phi) is 6.26. The minimum atomic E-state index is -4.10. The second-order valence-corrected chi connectivity index (χ2v) is 6.29. The first kappa shape index (κ1) is 17.3. The number of halogens is 3. The number of likely N-dealkylation sites (tertiary alicyclic amines) is 1. The van der Waals surface area contributed by atoms with E-state index < -0.39 is 12.7 Å². The van der Waals surface area contributed by atoms with Gasteiger partial charge >= 0.3 is 6.18 Å². The topological polar surface area (TPSA) is 15.3 Å². The molecule has 1 aliphatic rings. The zero-order chi connectivity index (χ0) is 16.0. The first-order valence-corrected chi connectivity index (χ1v) is 7.98. The highest BCUT2D eigenvalue weighted by Gasteiger charge is 2.26. The second kappa shape index (κ2) is 7.97. The van der Waals surface area contributed by atoms with Crippen molar-refractivity contribution in [1.29, 1.82) is 0 Å². The molecule has 1 aliphatic heterocycles. The van der Waals surface area contributed by atoms with Crippen LogP contribution < -0.4 is 5.32 Å². The number of piperidine rings is 1. The Bertz CT molecular complexity index is 451. The Morgan fingerprint density at radius 3 is 2.59 bits per heavy atom. The predicted molar refractivity (Wildman–Crippen MR) is 82.7 cm³/mol. The van der Waals surface area contributed by atoms with Gasteiger partial charge in [-0.05, 0) is 57.3 Å². The third-order valence-corrected chi connectivity index (χ3v) is 4.25. The molecule has 1 aromatic carbocycles. The summed E-state index contributed by atoms with van der Waals surface area (Å²) in [6, 6.07) is 8.56. The van der Waals surface area contributed by atoms with Crippen molar-refractivity contribution in [2.24, 2.45) is 5.92 Å². The standard InChI is InChI=1S/C17H25F3N2/c1-14-3-2-4-16(11-14)12-22-9-6-15(7-10-22)5-8-21-13-17(18,19)20/h2-4,11,15,21H,5-10,12-13H2,1H3. The molecule has 1 aromatic rings. The fourth-order valence-corrected chi connectivity index (χ4v) is 3.04. The minimum absolute atomic E-state index is 0.460. The molecule has 0 atom stereocenters. The third kappa shape index (κ3) is 6.36. The van der Waals surface area contributed by atoms with Gasteiger partial charge in [0.25, 0.3) is 0 Å². The maximum absolute atomic E-state index is 12.0. The van der Waals surface area contributed by atoms with Gasteiger partial charge in [0.15, 0.2) is 0 Å². The quantitative estimate of drug-likeness (QED) is 0.805. The van der Waals surface area contributed by atoms with E-state index in [0.717, 1.165) is 38.9 Å². The van der Waals surface area contributed by atoms with Gasteiger partial charge in [-0.1, -0.05) is 29.8 Å². The van der Waals surface area contributed by atoms with Gasteiger partial charge in [0.1, 0.15) is 0 Å². The van der Waals surface area contributed by atoms with E-state index in [1.165, 1.54) is 11.1 Å². The molecule has 2 nitrogen and oxygen atoms in total. The van der Waals surface area contributed by atoms with Crippen LogP contribution in [0.5, 0.6) is 0 Å². The van der Waals surface area contributed by atoms with Crippen LogP contribution in [0, 0.1) is 12.8 Å². The van der Waals surface area contributed by atoms with Gasteiger partial charge in [-0.2, -0.15) is 13.2 Å². The van der Waals surface area contributed by atoms with Crippen LogP contribution in [0.4, 0.5) is 13.2 Å². The number of alkyl halides is 3. The first-order valence-electron chi connectivity index (χ1n) is 7.98. The Hall–Kier alpha value is -1.07. The number of hydrogen-bond donors (Lipinski definition) is 1. The summed E-state index contributed by atoms with van der Waals surface area (Å²) >= 11 is 0. The summed E-state index contributed by atoms with van der Waals surface area (Å²) in [4.78, 5) is 2.44. The van der Waals surface area contributed by atoms with Crippen molar-refractivity contribution in [2.45, 2.75) is 38.9 Å². The van der Waals surface area contributed by atoms with E-state index in [4.69, 9.17) is 0 Å². The number of benzene rings is 1. The minimum Gasteiger partial charge on any atom is -0.309 e. The zero-order valence-corrected chi connectivity index (χ0v) is 13.1. The van der Waals surface area contributed by atoms with E-state index in [1.54, 1.807) is 0 Å². The van der Waals surface area contributed by atoms with Gasteiger partial charge in [-0.15, -0.1) is 0 Å². The van der Waals surface area contributed by atoms with Gasteiger partial charge in [0.05, 0.1) is 6.54 Å². The molecule has 124 valence electrons. The molecule has 1 saturated heterocycles. The smallest absolute Gasteiger partial charge is 0.309 e. The van der Waals surface area contributed by atoms with Crippen LogP contribution in [-0.4, -0.2) is 37.3 Å². The van der Waals surface area contributed by atoms with Crippen molar-refractivity contribution in [1.82, 2.24) is 10.2 Å². The number of hydrogen-bond acceptors (Lipinski definition) is 2. The molecule has 2 rings (SSSR count). The highest BCUT2D eigenvalue weighted by Crippen LogP contribution is 2.22. The van der Waals surface area contributed by atoms with Crippen molar-refractivity contribution in [2.75, 3.05) is 26.2 Å². The lowest BCUT2D eigenvalue weighted by Crippen LogP contribution is -2.35. The highest BCUT2D eigenvalue weighted by molar-refractivity contribution is 5.22. The predicted octanol–water partition coefficient (Wildman–Crippen LogP) is 3.75. The maximum Gasteiger partial charge on any atom is 0.401 e. The summed E-state index contributed by atoms with van der Waals surface area (Å²) in [6.07, 6.45) is -1.09. The van der Waals surface area contributed by atoms with E-state index >= 15 is 0 Å². The largest absolute Gasteiger partial charge is 0.401 e. The van der Waals surface area contributed by atoms with E-state index in [1.807, 2.05) is 0 Å². The van der Waals surface area contributed by atoms with Crippen molar-refractivity contribution < 1.29 is 13.2 Å². The molecule has 1 N–H and O–H groups in total. The van der Waals surface area contributed by atoms with Crippen LogP contribution in [-0.2, 0) is 6.54 Å². The van der Waals surface area contributed by atoms with Crippen LogP contribution in [0.25, 0.3) is 0 Å². The average Bonchev–Trinajstić information content (AvgIpc) is 2.44. The van der Waals surface area contributed by atoms with E-state index in [2.05, 4.69) is 41.4 Å². The van der Waals surface area contributed by atoms with Crippen LogP contribution in [0.2, 0.25) is 0 Å². The molecule has 0 bridgehead atoms. The molecule has 0 unspecified atom stereocenters. The molecule has 1 fully saturated rings. The monoisotopic (exact) mass is 314 g/mol. The molecule has 0 spiro atoms. The lowest BCUT2D eigenvalue weighted by molar-refractivity contribution is -0.124. The number of aryl methyl sites for hydroxylation is 1. The van der Waals surface area contributed by atoms with Gasteiger partial charge in [-0.25, -0.2) is 0 Å². The molecule has 1 heterocycles. The molecular formula is C17H25F3N2. The maximum atomic E-state index is 12.0. The lowest BCUT2D eigenvalue weighted by atomic mass is 9.93. The van der Waals surface area contributed by atoms with Crippen LogP contribution in [0.15, 0.2) is 24.3 Å². The summed E-state index contributed by atoms with van der Waals surface area (Å²) in [6.45, 7) is 4.74.